The van der Waals surface area contributed by atoms with Gasteiger partial charge in [-0.25, -0.2) is 0 Å². The van der Waals surface area contributed by atoms with Crippen LogP contribution in [-0.2, 0) is 42.7 Å². The highest BCUT2D eigenvalue weighted by Gasteiger charge is 2.69. The van der Waals surface area contributed by atoms with Crippen molar-refractivity contribution in [1.82, 2.24) is 0 Å². The van der Waals surface area contributed by atoms with Crippen molar-refractivity contribution in [3.8, 4) is 0 Å². The summed E-state index contributed by atoms with van der Waals surface area (Å²) in [6, 6.07) is 0. The van der Waals surface area contributed by atoms with Crippen molar-refractivity contribution < 1.29 is 114 Å². The molecular formula is C44H70O23. The number of aliphatic hydroxyl groups excluding tert-OH is 14. The lowest BCUT2D eigenvalue weighted by Crippen LogP contribution is -2.66. The summed E-state index contributed by atoms with van der Waals surface area (Å²) in [4.78, 5) is 14.7. The van der Waals surface area contributed by atoms with E-state index >= 15 is 0 Å². The highest BCUT2D eigenvalue weighted by Crippen LogP contribution is 2.73. The molecule has 23 heteroatoms. The van der Waals surface area contributed by atoms with Crippen molar-refractivity contribution in [2.45, 2.75) is 200 Å². The van der Waals surface area contributed by atoms with Gasteiger partial charge in [0.05, 0.1) is 37.4 Å². The molecular weight excluding hydrogens is 896 g/mol. The Kier molecular flexibility index (Phi) is 15.0. The Balaban J connectivity index is 0.985. The minimum absolute atomic E-state index is 0.0394. The van der Waals surface area contributed by atoms with Crippen LogP contribution in [0.25, 0.3) is 0 Å². The minimum Gasteiger partial charge on any atom is -0.432 e. The molecule has 384 valence electrons. The Morgan fingerprint density at radius 3 is 1.63 bits per heavy atom. The Morgan fingerprint density at radius 2 is 1.06 bits per heavy atom. The predicted molar refractivity (Wildman–Crippen MR) is 219 cm³/mol. The number of aliphatic hydroxyl groups is 14. The first kappa shape index (κ1) is 51.7. The average Bonchev–Trinajstić information content (AvgIpc) is 3.50. The second kappa shape index (κ2) is 19.4. The maximum atomic E-state index is 14.7. The molecule has 0 amide bonds. The van der Waals surface area contributed by atoms with E-state index in [1.165, 1.54) is 0 Å². The molecule has 1 spiro atoms. The summed E-state index contributed by atoms with van der Waals surface area (Å²) in [5.41, 5.74) is -2.21. The number of hydrogen-bond acceptors (Lipinski definition) is 23. The number of hydrogen-bond donors (Lipinski definition) is 14. The topological polar surface area (TPSA) is 374 Å². The summed E-state index contributed by atoms with van der Waals surface area (Å²) >= 11 is 0. The molecule has 2 bridgehead atoms. The molecule has 0 aromatic heterocycles. The summed E-state index contributed by atoms with van der Waals surface area (Å²) < 4.78 is 47.2. The van der Waals surface area contributed by atoms with Gasteiger partial charge in [-0.2, -0.15) is 0 Å². The molecule has 26 atom stereocenters. The number of carbonyl (C=O) groups excluding carboxylic acids is 1. The van der Waals surface area contributed by atoms with E-state index in [2.05, 4.69) is 13.5 Å². The van der Waals surface area contributed by atoms with E-state index in [-0.39, 0.29) is 17.3 Å². The summed E-state index contributed by atoms with van der Waals surface area (Å²) in [6.07, 6.45) is -28.2. The van der Waals surface area contributed by atoms with Crippen LogP contribution in [-0.4, -0.2) is 232 Å². The zero-order valence-electron chi connectivity index (χ0n) is 37.5. The fourth-order valence-corrected chi connectivity index (χ4v) is 13.5. The van der Waals surface area contributed by atoms with Crippen LogP contribution in [0.5, 0.6) is 0 Å². The first-order valence-electron chi connectivity index (χ1n) is 23.4. The third kappa shape index (κ3) is 8.63. The van der Waals surface area contributed by atoms with Gasteiger partial charge < -0.3 is 109 Å². The van der Waals surface area contributed by atoms with E-state index in [1.807, 2.05) is 6.92 Å². The van der Waals surface area contributed by atoms with E-state index < -0.39 is 172 Å². The van der Waals surface area contributed by atoms with Gasteiger partial charge in [0.1, 0.15) is 91.6 Å². The summed E-state index contributed by atoms with van der Waals surface area (Å²) in [6.45, 7) is 5.45. The number of fused-ring (bicyclic) bond motifs is 3. The van der Waals surface area contributed by atoms with Crippen LogP contribution in [0, 0.1) is 28.1 Å². The van der Waals surface area contributed by atoms with Crippen molar-refractivity contribution in [3.63, 3.8) is 0 Å². The van der Waals surface area contributed by atoms with Gasteiger partial charge in [0.25, 0.3) is 0 Å². The standard InChI is InChI=1S/C44H70O23/c1-17-11-43-9-5-22-41(2,7-4-8-42(22,3)40(59)66-39-35(30(55)26(51)20(14-47)63-39)65-37-32(57)29(54)25(50)19(13-46)61-37)23(43)6-10-44(17,16-43)67-38-33(58)34(27(52)21(15-48)62-38)64-36-31(56)28(53)24(49)18(12-45)60-36/h18-39,45-58H,1,4-16H2,2-3H3/t18?,19?,20?,21?,22?,23-,24?,25?,26?,27?,28?,29?,30?,31?,32?,33?,34?,35?,36?,37?,38?,39?,41+,42+,43?,44?/m0/s1. The van der Waals surface area contributed by atoms with Crippen LogP contribution >= 0.6 is 0 Å². The minimum atomic E-state index is -1.90. The van der Waals surface area contributed by atoms with Gasteiger partial charge in [-0.15, -0.1) is 0 Å². The summed E-state index contributed by atoms with van der Waals surface area (Å²) in [7, 11) is 0. The van der Waals surface area contributed by atoms with Gasteiger partial charge >= 0.3 is 5.97 Å². The Morgan fingerprint density at radius 1 is 0.567 bits per heavy atom. The van der Waals surface area contributed by atoms with Gasteiger partial charge in [-0.1, -0.05) is 19.9 Å². The molecule has 8 fully saturated rings. The second-order valence-electron chi connectivity index (χ2n) is 20.8. The third-order valence-corrected chi connectivity index (χ3v) is 17.1. The van der Waals surface area contributed by atoms with Crippen molar-refractivity contribution in [3.05, 3.63) is 12.2 Å². The van der Waals surface area contributed by atoms with Crippen LogP contribution in [0.4, 0.5) is 0 Å². The molecule has 14 N–H and O–H groups in total. The van der Waals surface area contributed by atoms with Gasteiger partial charge in [0.2, 0.25) is 6.29 Å². The van der Waals surface area contributed by atoms with E-state index in [0.717, 1.165) is 12.0 Å². The molecule has 23 nitrogen and oxygen atoms in total. The van der Waals surface area contributed by atoms with Gasteiger partial charge in [-0.05, 0) is 86.5 Å². The Labute approximate surface area is 386 Å². The first-order chi connectivity index (χ1) is 31.6. The van der Waals surface area contributed by atoms with Gasteiger partial charge in [0.15, 0.2) is 25.0 Å². The van der Waals surface area contributed by atoms with Gasteiger partial charge in [-0.3, -0.25) is 4.79 Å². The molecule has 0 aromatic rings. The van der Waals surface area contributed by atoms with Crippen LogP contribution in [0.2, 0.25) is 0 Å². The van der Waals surface area contributed by atoms with Crippen LogP contribution in [0.15, 0.2) is 12.2 Å². The lowest BCUT2D eigenvalue weighted by Gasteiger charge is -2.64. The molecule has 8 aliphatic rings. The number of esters is 1. The predicted octanol–water partition coefficient (Wildman–Crippen LogP) is -5.11. The molecule has 4 heterocycles. The SMILES string of the molecule is C=C1CC23CCC4[C@](C)(C(=O)OC5OC(CO)C(O)C(O)C5OC5OC(CO)C(O)C(O)C5O)CCC[C@@]4(C)[C@@H]2CCC1(OC1OC(CO)C(O)C(OC2OC(CO)C(O)C(O)C2O)C1O)C3. The molecule has 67 heavy (non-hydrogen) atoms. The van der Waals surface area contributed by atoms with Gasteiger partial charge in [0, 0.05) is 0 Å². The lowest BCUT2D eigenvalue weighted by molar-refractivity contribution is -0.369. The maximum absolute atomic E-state index is 14.7. The highest BCUT2D eigenvalue weighted by atomic mass is 16.8. The highest BCUT2D eigenvalue weighted by molar-refractivity contribution is 5.77. The maximum Gasteiger partial charge on any atom is 0.314 e. The molecule has 4 aliphatic carbocycles. The smallest absolute Gasteiger partial charge is 0.314 e. The zero-order valence-corrected chi connectivity index (χ0v) is 37.5. The van der Waals surface area contributed by atoms with E-state index in [1.54, 1.807) is 0 Å². The third-order valence-electron chi connectivity index (χ3n) is 17.1. The van der Waals surface area contributed by atoms with E-state index in [4.69, 9.17) is 37.9 Å². The van der Waals surface area contributed by atoms with Crippen LogP contribution in [0.1, 0.15) is 71.6 Å². The fraction of sp³-hybridized carbons (Fsp3) is 0.932. The van der Waals surface area contributed by atoms with Crippen LogP contribution < -0.4 is 0 Å². The Hall–Kier alpha value is -1.63. The van der Waals surface area contributed by atoms with E-state index in [9.17, 15) is 76.3 Å². The Bertz CT molecular complexity index is 1760. The van der Waals surface area contributed by atoms with Crippen molar-refractivity contribution in [1.29, 1.82) is 0 Å². The normalized spacial score (nSPS) is 54.5. The van der Waals surface area contributed by atoms with Crippen molar-refractivity contribution in [2.24, 2.45) is 28.1 Å². The average molecular weight is 967 g/mol. The first-order valence-corrected chi connectivity index (χ1v) is 23.4. The molecule has 0 aromatic carbocycles. The quantitative estimate of drug-likeness (QED) is 0.0494. The van der Waals surface area contributed by atoms with Crippen molar-refractivity contribution in [2.75, 3.05) is 26.4 Å². The molecule has 0 radical (unpaired) electrons. The van der Waals surface area contributed by atoms with Crippen molar-refractivity contribution >= 4 is 5.97 Å². The summed E-state index contributed by atoms with van der Waals surface area (Å²) in [5, 5.41) is 147. The zero-order chi connectivity index (χ0) is 48.7. The molecule has 23 unspecified atom stereocenters. The largest absolute Gasteiger partial charge is 0.432 e. The monoisotopic (exact) mass is 966 g/mol. The molecule has 8 rings (SSSR count). The fourth-order valence-electron chi connectivity index (χ4n) is 13.5. The number of rotatable bonds is 12. The molecule has 4 saturated carbocycles. The second-order valence-corrected chi connectivity index (χ2v) is 20.8. The lowest BCUT2D eigenvalue weighted by atomic mass is 9.41. The molecule has 4 saturated heterocycles. The number of carbonyl (C=O) groups is 1. The van der Waals surface area contributed by atoms with Crippen LogP contribution in [0.3, 0.4) is 0 Å². The summed E-state index contributed by atoms with van der Waals surface area (Å²) in [5.74, 6) is -0.897. The van der Waals surface area contributed by atoms with E-state index in [0.29, 0.717) is 51.4 Å². The number of ether oxygens (including phenoxy) is 8. The molecule has 4 aliphatic heterocycles.